The molecule has 1 amide bonds. The highest BCUT2D eigenvalue weighted by molar-refractivity contribution is 7.89. The van der Waals surface area contributed by atoms with Crippen molar-refractivity contribution in [1.29, 1.82) is 0 Å². The molecule has 2 saturated heterocycles. The van der Waals surface area contributed by atoms with E-state index in [-0.39, 0.29) is 22.9 Å². The van der Waals surface area contributed by atoms with Crippen LogP contribution in [0.1, 0.15) is 28.8 Å². The minimum atomic E-state index is -3.89. The van der Waals surface area contributed by atoms with Crippen molar-refractivity contribution in [2.24, 2.45) is 5.14 Å². The predicted octanol–water partition coefficient (Wildman–Crippen LogP) is 1.41. The van der Waals surface area contributed by atoms with Gasteiger partial charge in [-0.25, -0.2) is 23.5 Å². The number of aryl methyl sites for hydroxylation is 1. The van der Waals surface area contributed by atoms with Crippen LogP contribution in [-0.2, 0) is 10.0 Å². The second-order valence-electron chi connectivity index (χ2n) is 7.96. The number of sulfonamides is 1. The first kappa shape index (κ1) is 19.0. The van der Waals surface area contributed by atoms with Gasteiger partial charge in [0.25, 0.3) is 5.91 Å². The summed E-state index contributed by atoms with van der Waals surface area (Å²) in [7, 11) is -3.89. The van der Waals surface area contributed by atoms with E-state index in [4.69, 9.17) is 5.14 Å². The van der Waals surface area contributed by atoms with Gasteiger partial charge in [0.05, 0.1) is 22.4 Å². The number of benzene rings is 1. The van der Waals surface area contributed by atoms with Gasteiger partial charge in [0, 0.05) is 24.8 Å². The summed E-state index contributed by atoms with van der Waals surface area (Å²) in [6.45, 7) is 3.01. The number of carbonyl (C=O) groups excluding carboxylic acids is 1. The molecule has 10 heteroatoms. The Morgan fingerprint density at radius 2 is 1.90 bits per heavy atom. The molecule has 156 valence electrons. The highest BCUT2D eigenvalue weighted by Gasteiger charge is 2.43. The molecule has 0 radical (unpaired) electrons. The van der Waals surface area contributed by atoms with E-state index in [9.17, 15) is 13.2 Å². The molecule has 0 aliphatic carbocycles. The highest BCUT2D eigenvalue weighted by atomic mass is 32.2. The molecule has 0 spiro atoms. The summed E-state index contributed by atoms with van der Waals surface area (Å²) >= 11 is 0. The number of hydrogen-bond donors (Lipinski definition) is 2. The van der Waals surface area contributed by atoms with Crippen LogP contribution in [0.5, 0.6) is 0 Å². The zero-order valence-corrected chi connectivity index (χ0v) is 17.3. The first-order valence-corrected chi connectivity index (χ1v) is 11.4. The summed E-state index contributed by atoms with van der Waals surface area (Å²) in [5.74, 6) is 0.721. The maximum atomic E-state index is 13.3. The van der Waals surface area contributed by atoms with Gasteiger partial charge in [-0.2, -0.15) is 0 Å². The van der Waals surface area contributed by atoms with Gasteiger partial charge in [0.15, 0.2) is 0 Å². The van der Waals surface area contributed by atoms with Crippen LogP contribution in [0.3, 0.4) is 0 Å². The summed E-state index contributed by atoms with van der Waals surface area (Å²) in [6.07, 6.45) is 5.21. The summed E-state index contributed by atoms with van der Waals surface area (Å²) in [4.78, 5) is 29.3. The number of hydrogen-bond acceptors (Lipinski definition) is 6. The smallest absolute Gasteiger partial charge is 0.254 e. The minimum Gasteiger partial charge on any atom is -0.352 e. The van der Waals surface area contributed by atoms with E-state index in [2.05, 4.69) is 19.9 Å². The number of anilines is 1. The van der Waals surface area contributed by atoms with Crippen molar-refractivity contribution in [2.75, 3.05) is 18.0 Å². The molecule has 30 heavy (non-hydrogen) atoms. The van der Waals surface area contributed by atoms with E-state index < -0.39 is 10.0 Å². The molecule has 2 bridgehead atoms. The van der Waals surface area contributed by atoms with Crippen LogP contribution in [0.2, 0.25) is 0 Å². The molecule has 2 unspecified atom stereocenters. The summed E-state index contributed by atoms with van der Waals surface area (Å²) in [5.41, 5.74) is 1.67. The number of aromatic nitrogens is 3. The summed E-state index contributed by atoms with van der Waals surface area (Å²) < 4.78 is 23.7. The molecular weight excluding hydrogens is 404 g/mol. The topological polar surface area (TPSA) is 125 Å². The SMILES string of the molecule is Cc1ccc(C(=O)N2C3CCC2CN(c2ncnc4[nH]ccc24)C3)cc1S(N)(=O)=O. The fraction of sp³-hybridized carbons (Fsp3) is 0.350. The molecule has 2 atom stereocenters. The Morgan fingerprint density at radius 1 is 1.17 bits per heavy atom. The number of primary sulfonamides is 1. The van der Waals surface area contributed by atoms with E-state index in [1.807, 2.05) is 17.2 Å². The second kappa shape index (κ2) is 6.78. The zero-order chi connectivity index (χ0) is 21.0. The van der Waals surface area contributed by atoms with Crippen molar-refractivity contribution in [3.05, 3.63) is 47.9 Å². The number of amides is 1. The number of H-pyrrole nitrogens is 1. The van der Waals surface area contributed by atoms with Gasteiger partial charge in [-0.1, -0.05) is 6.07 Å². The third-order valence-corrected chi connectivity index (χ3v) is 7.14. The predicted molar refractivity (Wildman–Crippen MR) is 112 cm³/mol. The lowest BCUT2D eigenvalue weighted by Crippen LogP contribution is -2.56. The molecule has 0 saturated carbocycles. The van der Waals surface area contributed by atoms with E-state index in [1.54, 1.807) is 25.4 Å². The van der Waals surface area contributed by atoms with Crippen molar-refractivity contribution in [3.8, 4) is 0 Å². The average molecular weight is 427 g/mol. The fourth-order valence-electron chi connectivity index (χ4n) is 4.71. The van der Waals surface area contributed by atoms with Gasteiger partial charge in [-0.05, 0) is 43.5 Å². The van der Waals surface area contributed by atoms with Crippen LogP contribution >= 0.6 is 0 Å². The monoisotopic (exact) mass is 426 g/mol. The number of rotatable bonds is 3. The molecular formula is C20H22N6O3S. The van der Waals surface area contributed by atoms with Crippen molar-refractivity contribution >= 4 is 32.8 Å². The van der Waals surface area contributed by atoms with Crippen LogP contribution in [-0.4, -0.2) is 59.4 Å². The Bertz CT molecular complexity index is 1240. The van der Waals surface area contributed by atoms with E-state index in [0.29, 0.717) is 24.2 Å². The van der Waals surface area contributed by atoms with Gasteiger partial charge in [-0.3, -0.25) is 4.79 Å². The van der Waals surface area contributed by atoms with Crippen LogP contribution in [0.15, 0.2) is 41.7 Å². The maximum absolute atomic E-state index is 13.3. The van der Waals surface area contributed by atoms with Crippen molar-refractivity contribution < 1.29 is 13.2 Å². The largest absolute Gasteiger partial charge is 0.352 e. The maximum Gasteiger partial charge on any atom is 0.254 e. The third kappa shape index (κ3) is 3.03. The lowest BCUT2D eigenvalue weighted by molar-refractivity contribution is 0.0641. The van der Waals surface area contributed by atoms with Gasteiger partial charge >= 0.3 is 0 Å². The molecule has 9 nitrogen and oxygen atoms in total. The van der Waals surface area contributed by atoms with Crippen LogP contribution < -0.4 is 10.0 Å². The second-order valence-corrected chi connectivity index (χ2v) is 9.49. The number of fused-ring (bicyclic) bond motifs is 3. The summed E-state index contributed by atoms with van der Waals surface area (Å²) in [6, 6.07) is 6.75. The molecule has 2 aromatic heterocycles. The van der Waals surface area contributed by atoms with Crippen molar-refractivity contribution in [1.82, 2.24) is 19.9 Å². The summed E-state index contributed by atoms with van der Waals surface area (Å²) in [5, 5.41) is 6.28. The van der Waals surface area contributed by atoms with Crippen molar-refractivity contribution in [2.45, 2.75) is 36.7 Å². The van der Waals surface area contributed by atoms with Crippen LogP contribution in [0.4, 0.5) is 5.82 Å². The molecule has 5 rings (SSSR count). The molecule has 3 N–H and O–H groups in total. The van der Waals surface area contributed by atoms with Crippen LogP contribution in [0, 0.1) is 6.92 Å². The molecule has 2 fully saturated rings. The zero-order valence-electron chi connectivity index (χ0n) is 16.4. The lowest BCUT2D eigenvalue weighted by atomic mass is 10.1. The minimum absolute atomic E-state index is 0.00447. The van der Waals surface area contributed by atoms with Gasteiger partial charge < -0.3 is 14.8 Å². The Labute approximate surface area is 174 Å². The van der Waals surface area contributed by atoms with E-state index in [0.717, 1.165) is 29.7 Å². The quantitative estimate of drug-likeness (QED) is 0.652. The Morgan fingerprint density at radius 3 is 2.60 bits per heavy atom. The molecule has 1 aromatic carbocycles. The number of carbonyl (C=O) groups is 1. The fourth-order valence-corrected chi connectivity index (χ4v) is 5.51. The molecule has 4 heterocycles. The molecule has 2 aliphatic rings. The van der Waals surface area contributed by atoms with Crippen LogP contribution in [0.25, 0.3) is 11.0 Å². The number of nitrogens with zero attached hydrogens (tertiary/aromatic N) is 4. The lowest BCUT2D eigenvalue weighted by Gasteiger charge is -2.41. The van der Waals surface area contributed by atoms with E-state index in [1.165, 1.54) is 6.07 Å². The van der Waals surface area contributed by atoms with Gasteiger partial charge in [0.1, 0.15) is 17.8 Å². The number of aromatic amines is 1. The number of nitrogens with two attached hydrogens (primary N) is 1. The normalized spacial score (nSPS) is 21.4. The average Bonchev–Trinajstić information content (AvgIpc) is 3.28. The van der Waals surface area contributed by atoms with E-state index >= 15 is 0 Å². The van der Waals surface area contributed by atoms with Crippen molar-refractivity contribution in [3.63, 3.8) is 0 Å². The standard InChI is InChI=1S/C20H22N6O3S/c1-12-2-3-13(8-17(12)30(21,28)29)20(27)26-14-4-5-15(26)10-25(9-14)19-16-6-7-22-18(16)23-11-24-19/h2-3,6-8,11,14-15H,4-5,9-10H2,1H3,(H2,21,28,29)(H,22,23,24). The molecule has 2 aliphatic heterocycles. The first-order valence-electron chi connectivity index (χ1n) is 9.82. The van der Waals surface area contributed by atoms with Gasteiger partial charge in [-0.15, -0.1) is 0 Å². The number of piperazine rings is 1. The Kier molecular flexibility index (Phi) is 4.30. The Balaban J connectivity index is 1.43. The Hall–Kier alpha value is -2.98. The van der Waals surface area contributed by atoms with Gasteiger partial charge in [0.2, 0.25) is 10.0 Å². The first-order chi connectivity index (χ1) is 14.3. The third-order valence-electron chi connectivity index (χ3n) is 6.09. The molecule has 3 aromatic rings. The highest BCUT2D eigenvalue weighted by Crippen LogP contribution is 2.35. The number of nitrogens with one attached hydrogen (secondary N) is 1.